The first-order valence-corrected chi connectivity index (χ1v) is 6.66. The quantitative estimate of drug-likeness (QED) is 0.644. The fourth-order valence-electron chi connectivity index (χ4n) is 2.82. The predicted octanol–water partition coefficient (Wildman–Crippen LogP) is 3.10. The van der Waals surface area contributed by atoms with E-state index >= 15 is 0 Å². The molecule has 2 unspecified atom stereocenters. The van der Waals surface area contributed by atoms with Crippen LogP contribution in [0.3, 0.4) is 0 Å². The molecule has 0 aromatic heterocycles. The van der Waals surface area contributed by atoms with E-state index in [2.05, 4.69) is 18.7 Å². The fraction of sp³-hybridized carbons (Fsp3) is 0.533. The maximum Gasteiger partial charge on any atom is 0.161 e. The summed E-state index contributed by atoms with van der Waals surface area (Å²) in [4.78, 5) is 13.9. The van der Waals surface area contributed by atoms with Gasteiger partial charge in [-0.15, -0.1) is 0 Å². The Kier molecular flexibility index (Phi) is 3.60. The molecule has 1 aliphatic rings. The lowest BCUT2D eigenvalue weighted by atomic mass is 9.92. The highest BCUT2D eigenvalue weighted by Gasteiger charge is 2.23. The van der Waals surface area contributed by atoms with E-state index in [4.69, 9.17) is 5.73 Å². The molecule has 1 aromatic rings. The Morgan fingerprint density at radius 1 is 1.39 bits per heavy atom. The third-order valence-corrected chi connectivity index (χ3v) is 3.89. The van der Waals surface area contributed by atoms with E-state index in [0.29, 0.717) is 17.3 Å². The van der Waals surface area contributed by atoms with Gasteiger partial charge in [-0.25, -0.2) is 0 Å². The van der Waals surface area contributed by atoms with Crippen molar-refractivity contribution in [2.24, 2.45) is 5.92 Å². The summed E-state index contributed by atoms with van der Waals surface area (Å²) < 4.78 is 0. The second-order valence-electron chi connectivity index (χ2n) is 5.50. The Morgan fingerprint density at radius 3 is 2.72 bits per heavy atom. The highest BCUT2D eigenvalue weighted by molar-refractivity contribution is 6.00. The van der Waals surface area contributed by atoms with Crippen molar-refractivity contribution in [3.63, 3.8) is 0 Å². The third kappa shape index (κ3) is 2.50. The highest BCUT2D eigenvalue weighted by Crippen LogP contribution is 2.29. The van der Waals surface area contributed by atoms with Gasteiger partial charge in [0.05, 0.1) is 0 Å². The summed E-state index contributed by atoms with van der Waals surface area (Å²) in [6, 6.07) is 6.33. The van der Waals surface area contributed by atoms with Crippen molar-refractivity contribution in [1.82, 2.24) is 0 Å². The Hall–Kier alpha value is -1.51. The molecule has 0 aliphatic carbocycles. The summed E-state index contributed by atoms with van der Waals surface area (Å²) in [7, 11) is 0. The zero-order valence-electron chi connectivity index (χ0n) is 11.4. The zero-order chi connectivity index (χ0) is 13.3. The molecule has 2 rings (SSSR count). The van der Waals surface area contributed by atoms with E-state index in [1.54, 1.807) is 6.92 Å². The molecule has 1 aromatic carbocycles. The Bertz CT molecular complexity index is 456. The molecule has 98 valence electrons. The lowest BCUT2D eigenvalue weighted by molar-refractivity contribution is 0.101. The molecule has 2 N–H and O–H groups in total. The van der Waals surface area contributed by atoms with Crippen molar-refractivity contribution < 1.29 is 4.79 Å². The van der Waals surface area contributed by atoms with E-state index in [9.17, 15) is 4.79 Å². The summed E-state index contributed by atoms with van der Waals surface area (Å²) in [5, 5.41) is 0. The molecule has 2 atom stereocenters. The molecule has 18 heavy (non-hydrogen) atoms. The molecule has 0 bridgehead atoms. The van der Waals surface area contributed by atoms with Crippen molar-refractivity contribution in [2.75, 3.05) is 17.2 Å². The Balaban J connectivity index is 2.28. The van der Waals surface area contributed by atoms with Crippen LogP contribution in [0.25, 0.3) is 0 Å². The molecule has 1 heterocycles. The monoisotopic (exact) mass is 246 g/mol. The molecule has 1 fully saturated rings. The summed E-state index contributed by atoms with van der Waals surface area (Å²) in [5.41, 5.74) is 8.17. The summed E-state index contributed by atoms with van der Waals surface area (Å²) >= 11 is 0. The van der Waals surface area contributed by atoms with Gasteiger partial charge in [0.1, 0.15) is 0 Å². The van der Waals surface area contributed by atoms with Gasteiger partial charge in [0.15, 0.2) is 5.78 Å². The highest BCUT2D eigenvalue weighted by atomic mass is 16.1. The van der Waals surface area contributed by atoms with E-state index in [1.165, 1.54) is 12.8 Å². The molecular weight excluding hydrogens is 224 g/mol. The number of ketones is 1. The molecule has 0 spiro atoms. The maximum absolute atomic E-state index is 11.5. The minimum atomic E-state index is 0.0346. The number of carbonyl (C=O) groups excluding carboxylic acids is 1. The normalized spacial score (nSPS) is 24.1. The third-order valence-electron chi connectivity index (χ3n) is 3.89. The van der Waals surface area contributed by atoms with Crippen LogP contribution >= 0.6 is 0 Å². The van der Waals surface area contributed by atoms with Gasteiger partial charge >= 0.3 is 0 Å². The van der Waals surface area contributed by atoms with Gasteiger partial charge in [-0.05, 0) is 50.8 Å². The standard InChI is InChI=1S/C15H22N2O/c1-10-6-7-17(11(2)8-10)13-4-5-15(16)14(9-13)12(3)18/h4-5,9-11H,6-8,16H2,1-3H3. The molecular formula is C15H22N2O. The largest absolute Gasteiger partial charge is 0.398 e. The Labute approximate surface area is 109 Å². The van der Waals surface area contributed by atoms with Crippen LogP contribution in [-0.2, 0) is 0 Å². The number of nitrogens with two attached hydrogens (primary N) is 1. The van der Waals surface area contributed by atoms with Crippen molar-refractivity contribution in [3.8, 4) is 0 Å². The number of hydrogen-bond donors (Lipinski definition) is 1. The number of nitrogens with zero attached hydrogens (tertiary/aromatic N) is 1. The number of anilines is 2. The van der Waals surface area contributed by atoms with Gasteiger partial charge in [0, 0.05) is 29.5 Å². The van der Waals surface area contributed by atoms with Crippen LogP contribution in [0.4, 0.5) is 11.4 Å². The minimum Gasteiger partial charge on any atom is -0.398 e. The molecule has 1 saturated heterocycles. The fourth-order valence-corrected chi connectivity index (χ4v) is 2.82. The molecule has 0 saturated carbocycles. The van der Waals surface area contributed by atoms with Crippen molar-refractivity contribution in [2.45, 2.75) is 39.7 Å². The van der Waals surface area contributed by atoms with Crippen LogP contribution in [0.2, 0.25) is 0 Å². The van der Waals surface area contributed by atoms with E-state index in [0.717, 1.165) is 18.2 Å². The van der Waals surface area contributed by atoms with Crippen LogP contribution in [0, 0.1) is 5.92 Å². The average Bonchev–Trinajstić information content (AvgIpc) is 2.30. The molecule has 3 heteroatoms. The first kappa shape index (κ1) is 12.9. The first-order chi connectivity index (χ1) is 8.49. The SMILES string of the molecule is CC(=O)c1cc(N2CCC(C)CC2C)ccc1N. The van der Waals surface area contributed by atoms with Crippen molar-refractivity contribution in [1.29, 1.82) is 0 Å². The van der Waals surface area contributed by atoms with E-state index < -0.39 is 0 Å². The van der Waals surface area contributed by atoms with Gasteiger partial charge in [-0.2, -0.15) is 0 Å². The van der Waals surface area contributed by atoms with Gasteiger partial charge in [-0.1, -0.05) is 6.92 Å². The van der Waals surface area contributed by atoms with Crippen LogP contribution in [0.1, 0.15) is 44.0 Å². The van der Waals surface area contributed by atoms with E-state index in [1.807, 2.05) is 18.2 Å². The molecule has 0 amide bonds. The van der Waals surface area contributed by atoms with Crippen LogP contribution in [0.5, 0.6) is 0 Å². The van der Waals surface area contributed by atoms with Crippen molar-refractivity contribution >= 4 is 17.2 Å². The lowest BCUT2D eigenvalue weighted by Crippen LogP contribution is -2.40. The number of hydrogen-bond acceptors (Lipinski definition) is 3. The molecule has 0 radical (unpaired) electrons. The predicted molar refractivity (Wildman–Crippen MR) is 76.1 cm³/mol. The number of rotatable bonds is 2. The van der Waals surface area contributed by atoms with Gasteiger partial charge < -0.3 is 10.6 Å². The molecule has 3 nitrogen and oxygen atoms in total. The topological polar surface area (TPSA) is 46.3 Å². The van der Waals surface area contributed by atoms with Crippen LogP contribution in [-0.4, -0.2) is 18.4 Å². The number of benzene rings is 1. The summed E-state index contributed by atoms with van der Waals surface area (Å²) in [5.74, 6) is 0.824. The molecule has 1 aliphatic heterocycles. The first-order valence-electron chi connectivity index (χ1n) is 6.66. The van der Waals surface area contributed by atoms with Gasteiger partial charge in [0.25, 0.3) is 0 Å². The smallest absolute Gasteiger partial charge is 0.161 e. The lowest BCUT2D eigenvalue weighted by Gasteiger charge is -2.38. The summed E-state index contributed by atoms with van der Waals surface area (Å²) in [6.07, 6.45) is 2.42. The van der Waals surface area contributed by atoms with Gasteiger partial charge in [-0.3, -0.25) is 4.79 Å². The second kappa shape index (κ2) is 5.01. The maximum atomic E-state index is 11.5. The number of piperidine rings is 1. The zero-order valence-corrected chi connectivity index (χ0v) is 11.4. The number of Topliss-reactive ketones (excluding diaryl/α,β-unsaturated/α-hetero) is 1. The average molecular weight is 246 g/mol. The summed E-state index contributed by atoms with van der Waals surface area (Å²) in [6.45, 7) is 7.18. The van der Waals surface area contributed by atoms with Crippen LogP contribution in [0.15, 0.2) is 18.2 Å². The van der Waals surface area contributed by atoms with E-state index in [-0.39, 0.29) is 5.78 Å². The second-order valence-corrected chi connectivity index (χ2v) is 5.50. The number of nitrogen functional groups attached to an aromatic ring is 1. The number of carbonyl (C=O) groups is 1. The Morgan fingerprint density at radius 2 is 2.11 bits per heavy atom. The minimum absolute atomic E-state index is 0.0346. The van der Waals surface area contributed by atoms with Crippen molar-refractivity contribution in [3.05, 3.63) is 23.8 Å². The van der Waals surface area contributed by atoms with Crippen LogP contribution < -0.4 is 10.6 Å². The van der Waals surface area contributed by atoms with Gasteiger partial charge in [0.2, 0.25) is 0 Å².